The van der Waals surface area contributed by atoms with E-state index in [4.69, 9.17) is 9.47 Å². The Labute approximate surface area is 141 Å². The van der Waals surface area contributed by atoms with Crippen LogP contribution in [0.15, 0.2) is 47.1 Å². The summed E-state index contributed by atoms with van der Waals surface area (Å²) in [6, 6.07) is 11.5. The largest absolute Gasteiger partial charge is 0.496 e. The van der Waals surface area contributed by atoms with Gasteiger partial charge in [-0.3, -0.25) is 0 Å². The molecule has 4 nitrogen and oxygen atoms in total. The minimum absolute atomic E-state index is 0.270. The van der Waals surface area contributed by atoms with Crippen LogP contribution in [0.4, 0.5) is 0 Å². The van der Waals surface area contributed by atoms with Gasteiger partial charge in [0.1, 0.15) is 5.75 Å². The summed E-state index contributed by atoms with van der Waals surface area (Å²) in [5.41, 5.74) is 5.36. The van der Waals surface area contributed by atoms with Gasteiger partial charge in [0.05, 0.1) is 12.7 Å². The topological polar surface area (TPSA) is 47.9 Å². The summed E-state index contributed by atoms with van der Waals surface area (Å²) < 4.78 is 10.6. The Morgan fingerprint density at radius 3 is 2.42 bits per heavy atom. The Morgan fingerprint density at radius 1 is 1.08 bits per heavy atom. The Morgan fingerprint density at radius 2 is 1.75 bits per heavy atom. The summed E-state index contributed by atoms with van der Waals surface area (Å²) in [4.78, 5) is 16.6. The van der Waals surface area contributed by atoms with Crippen LogP contribution in [0, 0.1) is 20.8 Å². The zero-order valence-electron chi connectivity index (χ0n) is 14.2. The fraction of sp³-hybridized carbons (Fsp3) is 0.200. The molecule has 0 N–H and O–H groups in total. The minimum atomic E-state index is -0.449. The number of nitrogens with zero attached hydrogens (tertiary/aromatic N) is 1. The van der Waals surface area contributed by atoms with Crippen molar-refractivity contribution in [1.29, 1.82) is 0 Å². The third kappa shape index (κ3) is 2.95. The molecular formula is C20H19NO3. The molecule has 24 heavy (non-hydrogen) atoms. The van der Waals surface area contributed by atoms with Gasteiger partial charge in [-0.1, -0.05) is 29.8 Å². The van der Waals surface area contributed by atoms with E-state index < -0.39 is 5.97 Å². The van der Waals surface area contributed by atoms with Gasteiger partial charge in [-0.05, 0) is 55.7 Å². The summed E-state index contributed by atoms with van der Waals surface area (Å²) in [7, 11) is 1.58. The molecule has 4 heteroatoms. The van der Waals surface area contributed by atoms with Crippen molar-refractivity contribution in [1.82, 2.24) is 0 Å². The molecule has 0 amide bonds. The number of aryl methyl sites for hydroxylation is 3. The number of methoxy groups -OCH3 is 1. The third-order valence-electron chi connectivity index (χ3n) is 3.98. The molecule has 0 atom stereocenters. The lowest BCUT2D eigenvalue weighted by atomic mass is 9.99. The van der Waals surface area contributed by atoms with Gasteiger partial charge in [0, 0.05) is 0 Å². The monoisotopic (exact) mass is 321 g/mol. The number of benzene rings is 2. The van der Waals surface area contributed by atoms with Gasteiger partial charge in [-0.25, -0.2) is 9.79 Å². The van der Waals surface area contributed by atoms with Crippen LogP contribution in [0.5, 0.6) is 5.75 Å². The van der Waals surface area contributed by atoms with E-state index in [9.17, 15) is 4.79 Å². The fourth-order valence-electron chi connectivity index (χ4n) is 2.90. The van der Waals surface area contributed by atoms with Gasteiger partial charge < -0.3 is 9.47 Å². The summed E-state index contributed by atoms with van der Waals surface area (Å²) in [5.74, 6) is 0.439. The van der Waals surface area contributed by atoms with Crippen molar-refractivity contribution in [3.63, 3.8) is 0 Å². The second-order valence-electron chi connectivity index (χ2n) is 5.85. The minimum Gasteiger partial charge on any atom is -0.496 e. The first-order chi connectivity index (χ1) is 11.5. The quantitative estimate of drug-likeness (QED) is 0.635. The van der Waals surface area contributed by atoms with Crippen LogP contribution in [0.3, 0.4) is 0 Å². The lowest BCUT2D eigenvalue weighted by Crippen LogP contribution is -2.07. The van der Waals surface area contributed by atoms with Crippen LogP contribution in [0.2, 0.25) is 0 Å². The second kappa shape index (κ2) is 6.32. The molecule has 2 aromatic rings. The number of carbonyl (C=O) groups is 1. The van der Waals surface area contributed by atoms with E-state index in [2.05, 4.69) is 24.0 Å². The zero-order valence-corrected chi connectivity index (χ0v) is 14.2. The van der Waals surface area contributed by atoms with Gasteiger partial charge in [0.15, 0.2) is 5.70 Å². The number of carbonyl (C=O) groups excluding carboxylic acids is 1. The smallest absolute Gasteiger partial charge is 0.363 e. The standard InChI is InChI=1S/C20H19NO3/c1-12-9-13(2)16(14(3)10-12)11-17-20(22)24-19(21-17)15-7-5-6-8-18(15)23-4/h5-11H,1-4H3/b17-11-. The van der Waals surface area contributed by atoms with E-state index in [0.717, 1.165) is 16.7 Å². The van der Waals surface area contributed by atoms with E-state index >= 15 is 0 Å². The summed E-state index contributed by atoms with van der Waals surface area (Å²) >= 11 is 0. The van der Waals surface area contributed by atoms with Crippen LogP contribution in [-0.2, 0) is 9.53 Å². The zero-order chi connectivity index (χ0) is 17.3. The first-order valence-electron chi connectivity index (χ1n) is 7.73. The molecule has 0 saturated heterocycles. The van der Waals surface area contributed by atoms with Crippen LogP contribution in [0.1, 0.15) is 27.8 Å². The Bertz CT molecular complexity index is 855. The lowest BCUT2D eigenvalue weighted by molar-refractivity contribution is -0.129. The number of hydrogen-bond acceptors (Lipinski definition) is 4. The maximum absolute atomic E-state index is 12.2. The fourth-order valence-corrected chi connectivity index (χ4v) is 2.90. The number of aliphatic imine (C=N–C) groups is 1. The normalized spacial score (nSPS) is 15.4. The molecule has 0 unspecified atom stereocenters. The van der Waals surface area contributed by atoms with Crippen molar-refractivity contribution in [3.05, 3.63) is 69.9 Å². The molecular weight excluding hydrogens is 302 g/mol. The average molecular weight is 321 g/mol. The van der Waals surface area contributed by atoms with E-state index in [1.54, 1.807) is 13.2 Å². The number of cyclic esters (lactones) is 1. The van der Waals surface area contributed by atoms with Crippen molar-refractivity contribution < 1.29 is 14.3 Å². The SMILES string of the molecule is COc1ccccc1C1=N/C(=C\c2c(C)cc(C)cc2C)C(=O)O1. The molecule has 122 valence electrons. The Hall–Kier alpha value is -2.88. The molecule has 0 aromatic heterocycles. The maximum atomic E-state index is 12.2. The van der Waals surface area contributed by atoms with Crippen molar-refractivity contribution in [2.75, 3.05) is 7.11 Å². The highest BCUT2D eigenvalue weighted by molar-refractivity contribution is 6.13. The highest BCUT2D eigenvalue weighted by Crippen LogP contribution is 2.26. The maximum Gasteiger partial charge on any atom is 0.363 e. The van der Waals surface area contributed by atoms with Crippen molar-refractivity contribution in [2.24, 2.45) is 4.99 Å². The summed E-state index contributed by atoms with van der Waals surface area (Å²) in [6.07, 6.45) is 1.79. The van der Waals surface area contributed by atoms with Gasteiger partial charge in [-0.15, -0.1) is 0 Å². The number of rotatable bonds is 3. The predicted octanol–water partition coefficient (Wildman–Crippen LogP) is 3.96. The number of esters is 1. The number of para-hydroxylation sites is 1. The molecule has 0 spiro atoms. The molecule has 0 saturated carbocycles. The Balaban J connectivity index is 2.04. The Kier molecular flexibility index (Phi) is 4.21. The molecule has 2 aromatic carbocycles. The van der Waals surface area contributed by atoms with Crippen LogP contribution in [0.25, 0.3) is 6.08 Å². The molecule has 0 radical (unpaired) electrons. The van der Waals surface area contributed by atoms with E-state index in [1.165, 1.54) is 5.56 Å². The molecule has 1 aliphatic heterocycles. The van der Waals surface area contributed by atoms with Crippen LogP contribution >= 0.6 is 0 Å². The van der Waals surface area contributed by atoms with Gasteiger partial charge in [-0.2, -0.15) is 0 Å². The lowest BCUT2D eigenvalue weighted by Gasteiger charge is -2.07. The summed E-state index contributed by atoms with van der Waals surface area (Å²) in [5, 5.41) is 0. The van der Waals surface area contributed by atoms with Gasteiger partial charge >= 0.3 is 5.97 Å². The average Bonchev–Trinajstić information content (AvgIpc) is 2.91. The molecule has 1 aliphatic rings. The van der Waals surface area contributed by atoms with Gasteiger partial charge in [0.25, 0.3) is 0 Å². The highest BCUT2D eigenvalue weighted by atomic mass is 16.6. The van der Waals surface area contributed by atoms with E-state index in [1.807, 2.05) is 38.1 Å². The van der Waals surface area contributed by atoms with Crippen molar-refractivity contribution in [3.8, 4) is 5.75 Å². The molecule has 0 aliphatic carbocycles. The van der Waals surface area contributed by atoms with E-state index in [0.29, 0.717) is 17.0 Å². The predicted molar refractivity (Wildman–Crippen MR) is 94.3 cm³/mol. The van der Waals surface area contributed by atoms with Crippen LogP contribution < -0.4 is 4.74 Å². The molecule has 0 fully saturated rings. The first kappa shape index (κ1) is 16.0. The molecule has 0 bridgehead atoms. The second-order valence-corrected chi connectivity index (χ2v) is 5.85. The summed E-state index contributed by atoms with van der Waals surface area (Å²) in [6.45, 7) is 6.10. The highest BCUT2D eigenvalue weighted by Gasteiger charge is 2.26. The number of hydrogen-bond donors (Lipinski definition) is 0. The van der Waals surface area contributed by atoms with Crippen molar-refractivity contribution in [2.45, 2.75) is 20.8 Å². The third-order valence-corrected chi connectivity index (χ3v) is 3.98. The van der Waals surface area contributed by atoms with Gasteiger partial charge in [0.2, 0.25) is 5.90 Å². The van der Waals surface area contributed by atoms with Crippen molar-refractivity contribution >= 4 is 17.9 Å². The first-order valence-corrected chi connectivity index (χ1v) is 7.73. The van der Waals surface area contributed by atoms with Crippen LogP contribution in [-0.4, -0.2) is 19.0 Å². The molecule has 3 rings (SSSR count). The molecule has 1 heterocycles. The number of ether oxygens (including phenoxy) is 2. The van der Waals surface area contributed by atoms with E-state index in [-0.39, 0.29) is 5.90 Å².